The molecule has 2 fully saturated rings. The summed E-state index contributed by atoms with van der Waals surface area (Å²) in [7, 11) is 0. The zero-order chi connectivity index (χ0) is 13.0. The van der Waals surface area contributed by atoms with Gasteiger partial charge in [-0.2, -0.15) is 0 Å². The lowest BCUT2D eigenvalue weighted by molar-refractivity contribution is -0.134. The summed E-state index contributed by atoms with van der Waals surface area (Å²) in [6.07, 6.45) is 10.3. The molecule has 0 spiro atoms. The smallest absolute Gasteiger partial charge is 0.223 e. The van der Waals surface area contributed by atoms with Gasteiger partial charge in [-0.05, 0) is 57.9 Å². The van der Waals surface area contributed by atoms with Crippen LogP contribution in [0.1, 0.15) is 64.7 Å². The van der Waals surface area contributed by atoms with Gasteiger partial charge >= 0.3 is 0 Å². The Bertz CT molecular complexity index is 277. The molecule has 0 aliphatic heterocycles. The van der Waals surface area contributed by atoms with Crippen molar-refractivity contribution >= 4 is 18.3 Å². The van der Waals surface area contributed by atoms with E-state index in [9.17, 15) is 4.79 Å². The number of amides is 1. The molecule has 3 nitrogen and oxygen atoms in total. The minimum atomic E-state index is 0. The van der Waals surface area contributed by atoms with Crippen molar-refractivity contribution < 1.29 is 4.79 Å². The highest BCUT2D eigenvalue weighted by atomic mass is 35.5. The Morgan fingerprint density at radius 2 is 1.79 bits per heavy atom. The van der Waals surface area contributed by atoms with E-state index in [0.29, 0.717) is 18.0 Å². The summed E-state index contributed by atoms with van der Waals surface area (Å²) in [6, 6.07) is 1.08. The summed E-state index contributed by atoms with van der Waals surface area (Å²) < 4.78 is 0. The van der Waals surface area contributed by atoms with Crippen molar-refractivity contribution in [1.82, 2.24) is 4.90 Å². The van der Waals surface area contributed by atoms with Gasteiger partial charge in [0, 0.05) is 18.5 Å². The lowest BCUT2D eigenvalue weighted by Gasteiger charge is -2.29. The Kier molecular flexibility index (Phi) is 7.16. The van der Waals surface area contributed by atoms with Crippen LogP contribution < -0.4 is 5.73 Å². The summed E-state index contributed by atoms with van der Waals surface area (Å²) >= 11 is 0. The van der Waals surface area contributed by atoms with E-state index < -0.39 is 0 Å². The largest absolute Gasteiger partial charge is 0.337 e. The van der Waals surface area contributed by atoms with Crippen molar-refractivity contribution in [2.75, 3.05) is 6.54 Å². The van der Waals surface area contributed by atoms with Gasteiger partial charge in [-0.1, -0.05) is 12.8 Å². The van der Waals surface area contributed by atoms with E-state index in [1.165, 1.54) is 32.1 Å². The van der Waals surface area contributed by atoms with E-state index in [4.69, 9.17) is 5.73 Å². The van der Waals surface area contributed by atoms with Crippen LogP contribution >= 0.6 is 12.4 Å². The molecule has 0 aromatic carbocycles. The predicted molar refractivity (Wildman–Crippen MR) is 81.4 cm³/mol. The molecule has 19 heavy (non-hydrogen) atoms. The number of nitrogens with two attached hydrogens (primary N) is 1. The maximum Gasteiger partial charge on any atom is 0.223 e. The highest BCUT2D eigenvalue weighted by Gasteiger charge is 2.41. The van der Waals surface area contributed by atoms with Gasteiger partial charge in [-0.15, -0.1) is 12.4 Å². The average Bonchev–Trinajstić information content (AvgIpc) is 3.20. The Balaban J connectivity index is 0.00000180. The maximum atomic E-state index is 12.3. The van der Waals surface area contributed by atoms with E-state index in [0.717, 1.165) is 38.1 Å². The van der Waals surface area contributed by atoms with Gasteiger partial charge in [-0.3, -0.25) is 4.79 Å². The van der Waals surface area contributed by atoms with Crippen molar-refractivity contribution in [3.63, 3.8) is 0 Å². The van der Waals surface area contributed by atoms with Crippen LogP contribution in [0.3, 0.4) is 0 Å². The number of rotatable bonds is 9. The summed E-state index contributed by atoms with van der Waals surface area (Å²) in [5.41, 5.74) is 5.47. The first kappa shape index (κ1) is 16.8. The van der Waals surface area contributed by atoms with Crippen LogP contribution in [0, 0.1) is 5.92 Å². The Morgan fingerprint density at radius 1 is 1.16 bits per heavy atom. The topological polar surface area (TPSA) is 46.3 Å². The average molecular weight is 289 g/mol. The van der Waals surface area contributed by atoms with Crippen LogP contribution in [0.5, 0.6) is 0 Å². The molecular weight excluding hydrogens is 260 g/mol. The number of hydrogen-bond donors (Lipinski definition) is 1. The number of unbranched alkanes of at least 4 members (excludes halogenated alkanes) is 3. The fraction of sp³-hybridized carbons (Fsp3) is 0.933. The third-order valence-electron chi connectivity index (χ3n) is 4.32. The molecule has 1 unspecified atom stereocenters. The lowest BCUT2D eigenvalue weighted by Crippen LogP contribution is -2.41. The summed E-state index contributed by atoms with van der Waals surface area (Å²) in [5, 5.41) is 0. The second kappa shape index (κ2) is 8.11. The van der Waals surface area contributed by atoms with Crippen LogP contribution in [0.4, 0.5) is 0 Å². The van der Waals surface area contributed by atoms with Crippen molar-refractivity contribution in [3.05, 3.63) is 0 Å². The van der Waals surface area contributed by atoms with Gasteiger partial charge in [-0.25, -0.2) is 0 Å². The quantitative estimate of drug-likeness (QED) is 0.663. The van der Waals surface area contributed by atoms with E-state index in [2.05, 4.69) is 11.8 Å². The molecule has 0 aromatic heterocycles. The molecule has 0 saturated heterocycles. The summed E-state index contributed by atoms with van der Waals surface area (Å²) in [4.78, 5) is 14.6. The molecule has 2 rings (SSSR count). The fourth-order valence-corrected chi connectivity index (χ4v) is 2.82. The Labute approximate surface area is 123 Å². The van der Waals surface area contributed by atoms with Gasteiger partial charge in [0.15, 0.2) is 0 Å². The van der Waals surface area contributed by atoms with Crippen LogP contribution in [0.2, 0.25) is 0 Å². The number of nitrogens with zero attached hydrogens (tertiary/aromatic N) is 1. The number of carbonyl (C=O) groups excluding carboxylic acids is 1. The standard InChI is InChI=1S/C15H28N2O.ClH/c1-12(13-7-8-13)17(14-9-10-14)15(18)6-4-2-3-5-11-16;/h12-14H,2-11,16H2,1H3;1H. The van der Waals surface area contributed by atoms with Crippen molar-refractivity contribution in [3.8, 4) is 0 Å². The van der Waals surface area contributed by atoms with Gasteiger partial charge < -0.3 is 10.6 Å². The van der Waals surface area contributed by atoms with Crippen LogP contribution in [0.25, 0.3) is 0 Å². The lowest BCUT2D eigenvalue weighted by atomic mass is 10.1. The molecule has 112 valence electrons. The molecule has 0 aromatic rings. The highest BCUT2D eigenvalue weighted by Crippen LogP contribution is 2.40. The molecule has 2 N–H and O–H groups in total. The molecule has 1 atom stereocenters. The normalized spacial score (nSPS) is 19.7. The molecule has 1 amide bonds. The van der Waals surface area contributed by atoms with E-state index in [-0.39, 0.29) is 12.4 Å². The monoisotopic (exact) mass is 288 g/mol. The second-order valence-electron chi connectivity index (χ2n) is 6.06. The molecule has 2 saturated carbocycles. The number of hydrogen-bond acceptors (Lipinski definition) is 2. The van der Waals surface area contributed by atoms with Crippen LogP contribution in [-0.4, -0.2) is 29.4 Å². The van der Waals surface area contributed by atoms with Crippen molar-refractivity contribution in [2.24, 2.45) is 11.7 Å². The number of carbonyl (C=O) groups is 1. The van der Waals surface area contributed by atoms with E-state index in [1.54, 1.807) is 0 Å². The van der Waals surface area contributed by atoms with E-state index >= 15 is 0 Å². The van der Waals surface area contributed by atoms with Gasteiger partial charge in [0.05, 0.1) is 0 Å². The minimum Gasteiger partial charge on any atom is -0.337 e. The third kappa shape index (κ3) is 5.31. The molecule has 0 radical (unpaired) electrons. The molecule has 0 heterocycles. The number of halogens is 1. The Hall–Kier alpha value is -0.280. The molecular formula is C15H29ClN2O. The third-order valence-corrected chi connectivity index (χ3v) is 4.32. The first-order chi connectivity index (χ1) is 8.74. The first-order valence-electron chi connectivity index (χ1n) is 7.75. The highest BCUT2D eigenvalue weighted by molar-refractivity contribution is 5.85. The first-order valence-corrected chi connectivity index (χ1v) is 7.75. The van der Waals surface area contributed by atoms with Crippen molar-refractivity contribution in [1.29, 1.82) is 0 Å². The SMILES string of the molecule is CC(C1CC1)N(C(=O)CCCCCCN)C1CC1.Cl. The van der Waals surface area contributed by atoms with Crippen LogP contribution in [-0.2, 0) is 4.79 Å². The van der Waals surface area contributed by atoms with Gasteiger partial charge in [0.1, 0.15) is 0 Å². The van der Waals surface area contributed by atoms with Crippen molar-refractivity contribution in [2.45, 2.75) is 76.8 Å². The zero-order valence-electron chi connectivity index (χ0n) is 12.1. The molecule has 2 aliphatic carbocycles. The predicted octanol–water partition coefficient (Wildman–Crippen LogP) is 3.11. The molecule has 4 heteroatoms. The van der Waals surface area contributed by atoms with E-state index in [1.807, 2.05) is 0 Å². The van der Waals surface area contributed by atoms with Crippen LogP contribution in [0.15, 0.2) is 0 Å². The molecule has 2 aliphatic rings. The maximum absolute atomic E-state index is 12.3. The van der Waals surface area contributed by atoms with Gasteiger partial charge in [0.2, 0.25) is 5.91 Å². The fourth-order valence-electron chi connectivity index (χ4n) is 2.82. The zero-order valence-corrected chi connectivity index (χ0v) is 13.0. The van der Waals surface area contributed by atoms with Gasteiger partial charge in [0.25, 0.3) is 0 Å². The Morgan fingerprint density at radius 3 is 2.32 bits per heavy atom. The summed E-state index contributed by atoms with van der Waals surface area (Å²) in [5.74, 6) is 1.21. The second-order valence-corrected chi connectivity index (χ2v) is 6.06. The molecule has 0 bridgehead atoms. The summed E-state index contributed by atoms with van der Waals surface area (Å²) in [6.45, 7) is 3.03. The minimum absolute atomic E-state index is 0.